The van der Waals surface area contributed by atoms with Gasteiger partial charge in [-0.1, -0.05) is 5.16 Å². The summed E-state index contributed by atoms with van der Waals surface area (Å²) in [7, 11) is 1.56. The summed E-state index contributed by atoms with van der Waals surface area (Å²) >= 11 is 3.51. The van der Waals surface area contributed by atoms with Crippen molar-refractivity contribution in [2.24, 2.45) is 0 Å². The monoisotopic (exact) mass is 339 g/mol. The van der Waals surface area contributed by atoms with Gasteiger partial charge in [-0.25, -0.2) is 4.79 Å². The zero-order chi connectivity index (χ0) is 14.3. The zero-order valence-electron chi connectivity index (χ0n) is 10.5. The quantitative estimate of drug-likeness (QED) is 0.925. The largest absolute Gasteiger partial charge is 0.493 e. The van der Waals surface area contributed by atoms with E-state index in [0.717, 1.165) is 16.5 Å². The van der Waals surface area contributed by atoms with Crippen molar-refractivity contribution >= 4 is 21.9 Å². The Morgan fingerprint density at radius 2 is 2.30 bits per heavy atom. The highest BCUT2D eigenvalue weighted by Gasteiger charge is 2.25. The van der Waals surface area contributed by atoms with Crippen LogP contribution in [0.3, 0.4) is 0 Å². The molecule has 0 aliphatic carbocycles. The highest BCUT2D eigenvalue weighted by Crippen LogP contribution is 2.45. The van der Waals surface area contributed by atoms with E-state index in [2.05, 4.69) is 21.1 Å². The first-order valence-electron chi connectivity index (χ1n) is 5.84. The van der Waals surface area contributed by atoms with Crippen molar-refractivity contribution in [3.63, 3.8) is 0 Å². The maximum atomic E-state index is 10.9. The number of aromatic nitrogens is 1. The summed E-state index contributed by atoms with van der Waals surface area (Å²) in [5.74, 6) is -0.0559. The Kier molecular flexibility index (Phi) is 3.13. The van der Waals surface area contributed by atoms with Crippen LogP contribution in [0, 0.1) is 0 Å². The number of carbonyl (C=O) groups is 1. The highest BCUT2D eigenvalue weighted by atomic mass is 79.9. The predicted molar refractivity (Wildman–Crippen MR) is 72.3 cm³/mol. The second-order valence-electron chi connectivity index (χ2n) is 4.23. The van der Waals surface area contributed by atoms with Gasteiger partial charge < -0.3 is 19.1 Å². The van der Waals surface area contributed by atoms with Gasteiger partial charge in [0.15, 0.2) is 11.5 Å². The van der Waals surface area contributed by atoms with Crippen molar-refractivity contribution in [3.05, 3.63) is 27.9 Å². The van der Waals surface area contributed by atoms with Gasteiger partial charge >= 0.3 is 5.97 Å². The van der Waals surface area contributed by atoms with Crippen LogP contribution in [-0.4, -0.2) is 29.9 Å². The fraction of sp³-hybridized carbons (Fsp3) is 0.231. The van der Waals surface area contributed by atoms with Crippen LogP contribution in [0.25, 0.3) is 11.3 Å². The molecule has 0 radical (unpaired) electrons. The number of carboxylic acids is 1. The number of nitrogens with zero attached hydrogens (tertiary/aromatic N) is 1. The summed E-state index contributed by atoms with van der Waals surface area (Å²) in [6.07, 6.45) is 0.754. The summed E-state index contributed by atoms with van der Waals surface area (Å²) in [6, 6.07) is 3.13. The first-order valence-corrected chi connectivity index (χ1v) is 6.63. The Balaban J connectivity index is 2.16. The minimum absolute atomic E-state index is 0.206. The number of hydrogen-bond donors (Lipinski definition) is 1. The second kappa shape index (κ2) is 4.82. The number of hydrogen-bond acceptors (Lipinski definition) is 5. The van der Waals surface area contributed by atoms with Gasteiger partial charge in [-0.3, -0.25) is 0 Å². The summed E-state index contributed by atoms with van der Waals surface area (Å²) in [5, 5.41) is 12.7. The number of aromatic carboxylic acids is 1. The smallest absolute Gasteiger partial charge is 0.374 e. The minimum Gasteiger partial charge on any atom is -0.493 e. The first kappa shape index (κ1) is 13.0. The standard InChI is InChI=1S/C13H10BrNO5/c1-18-9-4-7(8-5-10(13(16)17)20-15-8)11(14)6-2-3-19-12(6)9/h4-5H,2-3H2,1H3,(H,16,17). The van der Waals surface area contributed by atoms with E-state index >= 15 is 0 Å². The average Bonchev–Trinajstić information content (AvgIpc) is 3.08. The molecule has 1 aliphatic heterocycles. The van der Waals surface area contributed by atoms with Gasteiger partial charge in [0.2, 0.25) is 5.76 Å². The van der Waals surface area contributed by atoms with Crippen LogP contribution in [-0.2, 0) is 6.42 Å². The van der Waals surface area contributed by atoms with E-state index < -0.39 is 5.97 Å². The molecule has 0 fully saturated rings. The van der Waals surface area contributed by atoms with Gasteiger partial charge in [-0.2, -0.15) is 0 Å². The van der Waals surface area contributed by atoms with Crippen LogP contribution in [0.1, 0.15) is 16.1 Å². The SMILES string of the molecule is COc1cc(-c2cc(C(=O)O)on2)c(Br)c2c1OCC2. The third-order valence-electron chi connectivity index (χ3n) is 3.09. The molecule has 6 nitrogen and oxygen atoms in total. The molecule has 20 heavy (non-hydrogen) atoms. The average molecular weight is 340 g/mol. The van der Waals surface area contributed by atoms with Crippen molar-refractivity contribution in [3.8, 4) is 22.8 Å². The molecule has 0 unspecified atom stereocenters. The topological polar surface area (TPSA) is 81.8 Å². The third kappa shape index (κ3) is 1.94. The van der Waals surface area contributed by atoms with Gasteiger partial charge in [-0.15, -0.1) is 0 Å². The molecule has 0 spiro atoms. The Morgan fingerprint density at radius 3 is 2.95 bits per heavy atom. The van der Waals surface area contributed by atoms with Crippen molar-refractivity contribution in [1.82, 2.24) is 5.16 Å². The lowest BCUT2D eigenvalue weighted by Crippen LogP contribution is -1.93. The van der Waals surface area contributed by atoms with E-state index in [4.69, 9.17) is 19.1 Å². The van der Waals surface area contributed by atoms with Gasteiger partial charge in [0.25, 0.3) is 0 Å². The Labute approximate surface area is 122 Å². The maximum absolute atomic E-state index is 10.9. The summed E-state index contributed by atoms with van der Waals surface area (Å²) in [6.45, 7) is 0.590. The number of halogens is 1. The fourth-order valence-electron chi connectivity index (χ4n) is 2.15. The van der Waals surface area contributed by atoms with Crippen LogP contribution >= 0.6 is 15.9 Å². The lowest BCUT2D eigenvalue weighted by atomic mass is 10.0. The van der Waals surface area contributed by atoms with Crippen molar-refractivity contribution in [1.29, 1.82) is 0 Å². The van der Waals surface area contributed by atoms with Gasteiger partial charge in [0.05, 0.1) is 13.7 Å². The van der Waals surface area contributed by atoms with Crippen LogP contribution in [0.5, 0.6) is 11.5 Å². The zero-order valence-corrected chi connectivity index (χ0v) is 12.1. The molecular formula is C13H10BrNO5. The number of carboxylic acid groups (broad SMARTS) is 1. The van der Waals surface area contributed by atoms with E-state index in [-0.39, 0.29) is 5.76 Å². The molecule has 2 aromatic rings. The van der Waals surface area contributed by atoms with Gasteiger partial charge in [0, 0.05) is 28.1 Å². The number of rotatable bonds is 3. The number of methoxy groups -OCH3 is 1. The van der Waals surface area contributed by atoms with Gasteiger partial charge in [-0.05, 0) is 22.0 Å². The maximum Gasteiger partial charge on any atom is 0.374 e. The molecule has 0 atom stereocenters. The number of ether oxygens (including phenoxy) is 2. The molecular weight excluding hydrogens is 330 g/mol. The lowest BCUT2D eigenvalue weighted by Gasteiger charge is -2.11. The van der Waals surface area contributed by atoms with Crippen LogP contribution in [0.4, 0.5) is 0 Å². The minimum atomic E-state index is -1.16. The Bertz CT molecular complexity index is 694. The molecule has 104 valence electrons. The number of benzene rings is 1. The molecule has 3 rings (SSSR count). The molecule has 1 aromatic carbocycles. The highest BCUT2D eigenvalue weighted by molar-refractivity contribution is 9.10. The van der Waals surface area contributed by atoms with Crippen molar-refractivity contribution < 1.29 is 23.9 Å². The second-order valence-corrected chi connectivity index (χ2v) is 5.02. The van der Waals surface area contributed by atoms with Crippen molar-refractivity contribution in [2.75, 3.05) is 13.7 Å². The number of fused-ring (bicyclic) bond motifs is 1. The fourth-order valence-corrected chi connectivity index (χ4v) is 2.84. The molecule has 0 bridgehead atoms. The summed E-state index contributed by atoms with van der Waals surface area (Å²) < 4.78 is 16.5. The van der Waals surface area contributed by atoms with E-state index in [9.17, 15) is 4.79 Å². The normalized spacial score (nSPS) is 12.9. The molecule has 0 saturated carbocycles. The Morgan fingerprint density at radius 1 is 1.50 bits per heavy atom. The third-order valence-corrected chi connectivity index (χ3v) is 4.00. The molecule has 1 aromatic heterocycles. The van der Waals surface area contributed by atoms with E-state index in [1.807, 2.05) is 0 Å². The van der Waals surface area contributed by atoms with E-state index in [1.165, 1.54) is 6.07 Å². The van der Waals surface area contributed by atoms with E-state index in [1.54, 1.807) is 13.2 Å². The molecule has 0 amide bonds. The first-order chi connectivity index (χ1) is 9.61. The molecule has 1 N–H and O–H groups in total. The molecule has 7 heteroatoms. The molecule has 1 aliphatic rings. The van der Waals surface area contributed by atoms with Gasteiger partial charge in [0.1, 0.15) is 5.69 Å². The lowest BCUT2D eigenvalue weighted by molar-refractivity contribution is 0.0652. The Hall–Kier alpha value is -2.02. The van der Waals surface area contributed by atoms with E-state index in [0.29, 0.717) is 29.4 Å². The van der Waals surface area contributed by atoms with Crippen LogP contribution < -0.4 is 9.47 Å². The summed E-state index contributed by atoms with van der Waals surface area (Å²) in [4.78, 5) is 10.9. The van der Waals surface area contributed by atoms with Crippen LogP contribution in [0.2, 0.25) is 0 Å². The predicted octanol–water partition coefficient (Wildman–Crippen LogP) is 2.75. The molecule has 0 saturated heterocycles. The molecule has 2 heterocycles. The van der Waals surface area contributed by atoms with Crippen LogP contribution in [0.15, 0.2) is 21.1 Å². The van der Waals surface area contributed by atoms with Crippen molar-refractivity contribution in [2.45, 2.75) is 6.42 Å². The summed E-state index contributed by atoms with van der Waals surface area (Å²) in [5.41, 5.74) is 2.13.